The van der Waals surface area contributed by atoms with E-state index in [0.29, 0.717) is 11.3 Å². The second-order valence-electron chi connectivity index (χ2n) is 4.76. The second-order valence-corrected chi connectivity index (χ2v) is 5.67. The minimum absolute atomic E-state index is 0.106. The summed E-state index contributed by atoms with van der Waals surface area (Å²) in [6.07, 6.45) is 0. The van der Waals surface area contributed by atoms with E-state index < -0.39 is 11.6 Å². The van der Waals surface area contributed by atoms with Gasteiger partial charge in [-0.05, 0) is 43.8 Å². The van der Waals surface area contributed by atoms with Crippen LogP contribution in [0.5, 0.6) is 5.75 Å². The monoisotopic (exact) mass is 355 g/mol. The largest absolute Gasteiger partial charge is 0.489 e. The molecular weight excluding hydrogens is 340 g/mol. The summed E-state index contributed by atoms with van der Waals surface area (Å²) >= 11 is 3.40. The van der Waals surface area contributed by atoms with Crippen molar-refractivity contribution in [1.29, 1.82) is 0 Å². The molecule has 0 aliphatic rings. The standard InChI is InChI=1S/C16H16BrF2NO/c1-10(20-2)15-4-3-12(17)7-16(15)21-9-11-5-13(18)8-14(19)6-11/h3-8,10,20H,9H2,1-2H3. The van der Waals surface area contributed by atoms with Crippen LogP contribution in [0.2, 0.25) is 0 Å². The molecule has 2 rings (SSSR count). The first-order valence-electron chi connectivity index (χ1n) is 6.54. The number of benzene rings is 2. The molecule has 0 saturated heterocycles. The highest BCUT2D eigenvalue weighted by Gasteiger charge is 2.11. The van der Waals surface area contributed by atoms with E-state index in [1.165, 1.54) is 12.1 Å². The fourth-order valence-corrected chi connectivity index (χ4v) is 2.34. The second kappa shape index (κ2) is 7.00. The van der Waals surface area contributed by atoms with Crippen molar-refractivity contribution in [3.8, 4) is 5.75 Å². The molecule has 2 aromatic carbocycles. The van der Waals surface area contributed by atoms with Gasteiger partial charge in [0.2, 0.25) is 0 Å². The molecule has 0 aliphatic heterocycles. The molecule has 0 aromatic heterocycles. The van der Waals surface area contributed by atoms with Gasteiger partial charge in [-0.3, -0.25) is 0 Å². The molecule has 1 N–H and O–H groups in total. The van der Waals surface area contributed by atoms with Crippen molar-refractivity contribution in [2.75, 3.05) is 7.05 Å². The van der Waals surface area contributed by atoms with E-state index in [1.54, 1.807) is 0 Å². The van der Waals surface area contributed by atoms with Gasteiger partial charge in [0.05, 0.1) is 0 Å². The van der Waals surface area contributed by atoms with Crippen molar-refractivity contribution in [3.05, 3.63) is 63.6 Å². The summed E-state index contributed by atoms with van der Waals surface area (Å²) in [5.41, 5.74) is 1.44. The average Bonchev–Trinajstić information content (AvgIpc) is 2.43. The maximum absolute atomic E-state index is 13.2. The first-order chi connectivity index (χ1) is 9.99. The van der Waals surface area contributed by atoms with E-state index in [-0.39, 0.29) is 12.6 Å². The van der Waals surface area contributed by atoms with Crippen molar-refractivity contribution < 1.29 is 13.5 Å². The van der Waals surface area contributed by atoms with Crippen molar-refractivity contribution in [1.82, 2.24) is 5.32 Å². The van der Waals surface area contributed by atoms with Gasteiger partial charge < -0.3 is 10.1 Å². The molecule has 1 atom stereocenters. The van der Waals surface area contributed by atoms with E-state index >= 15 is 0 Å². The summed E-state index contributed by atoms with van der Waals surface area (Å²) in [7, 11) is 1.86. The van der Waals surface area contributed by atoms with Gasteiger partial charge in [-0.1, -0.05) is 22.0 Å². The van der Waals surface area contributed by atoms with Gasteiger partial charge in [-0.2, -0.15) is 0 Å². The Morgan fingerprint density at radius 1 is 1.14 bits per heavy atom. The van der Waals surface area contributed by atoms with E-state index in [4.69, 9.17) is 4.74 Å². The van der Waals surface area contributed by atoms with E-state index in [9.17, 15) is 8.78 Å². The van der Waals surface area contributed by atoms with Crippen LogP contribution in [0.1, 0.15) is 24.1 Å². The van der Waals surface area contributed by atoms with Crippen LogP contribution in [0.3, 0.4) is 0 Å². The zero-order valence-electron chi connectivity index (χ0n) is 11.8. The quantitative estimate of drug-likeness (QED) is 0.846. The summed E-state index contributed by atoms with van der Waals surface area (Å²) < 4.78 is 33.0. The molecular formula is C16H16BrF2NO. The van der Waals surface area contributed by atoms with E-state index in [1.807, 2.05) is 32.2 Å². The van der Waals surface area contributed by atoms with Crippen molar-refractivity contribution in [3.63, 3.8) is 0 Å². The Kier molecular flexibility index (Phi) is 5.31. The first kappa shape index (κ1) is 15.9. The third-order valence-corrected chi connectivity index (χ3v) is 3.69. The van der Waals surface area contributed by atoms with Crippen molar-refractivity contribution >= 4 is 15.9 Å². The number of ether oxygens (including phenoxy) is 1. The molecule has 0 heterocycles. The van der Waals surface area contributed by atoms with Gasteiger partial charge in [-0.25, -0.2) is 8.78 Å². The van der Waals surface area contributed by atoms with Gasteiger partial charge in [0.15, 0.2) is 0 Å². The predicted octanol–water partition coefficient (Wildman–Crippen LogP) is 4.59. The molecule has 0 amide bonds. The fourth-order valence-electron chi connectivity index (χ4n) is 2.00. The molecule has 2 aromatic rings. The molecule has 0 spiro atoms. The van der Waals surface area contributed by atoms with Gasteiger partial charge in [-0.15, -0.1) is 0 Å². The molecule has 5 heteroatoms. The predicted molar refractivity (Wildman–Crippen MR) is 82.3 cm³/mol. The SMILES string of the molecule is CNC(C)c1ccc(Br)cc1OCc1cc(F)cc(F)c1. The summed E-state index contributed by atoms with van der Waals surface area (Å²) in [4.78, 5) is 0. The van der Waals surface area contributed by atoms with E-state index in [2.05, 4.69) is 21.2 Å². The Hall–Kier alpha value is -1.46. The lowest BCUT2D eigenvalue weighted by Crippen LogP contribution is -2.13. The van der Waals surface area contributed by atoms with Crippen LogP contribution >= 0.6 is 15.9 Å². The van der Waals surface area contributed by atoms with Crippen molar-refractivity contribution in [2.24, 2.45) is 0 Å². The molecule has 0 aliphatic carbocycles. The molecule has 2 nitrogen and oxygen atoms in total. The van der Waals surface area contributed by atoms with Crippen molar-refractivity contribution in [2.45, 2.75) is 19.6 Å². The molecule has 0 saturated carbocycles. The lowest BCUT2D eigenvalue weighted by atomic mass is 10.1. The molecule has 112 valence electrons. The fraction of sp³-hybridized carbons (Fsp3) is 0.250. The van der Waals surface area contributed by atoms with Gasteiger partial charge in [0.1, 0.15) is 24.0 Å². The van der Waals surface area contributed by atoms with Gasteiger partial charge >= 0.3 is 0 Å². The van der Waals surface area contributed by atoms with Crippen LogP contribution in [-0.2, 0) is 6.61 Å². The van der Waals surface area contributed by atoms with Gasteiger partial charge in [0, 0.05) is 22.1 Å². The minimum Gasteiger partial charge on any atom is -0.489 e. The maximum Gasteiger partial charge on any atom is 0.126 e. The third-order valence-electron chi connectivity index (χ3n) is 3.19. The number of hydrogen-bond acceptors (Lipinski definition) is 2. The topological polar surface area (TPSA) is 21.3 Å². The zero-order chi connectivity index (χ0) is 15.4. The minimum atomic E-state index is -0.605. The first-order valence-corrected chi connectivity index (χ1v) is 7.33. The lowest BCUT2D eigenvalue weighted by molar-refractivity contribution is 0.298. The number of halogens is 3. The Morgan fingerprint density at radius 2 is 1.81 bits per heavy atom. The Labute approximate surface area is 131 Å². The molecule has 0 fully saturated rings. The van der Waals surface area contributed by atoms with Crippen LogP contribution in [0.15, 0.2) is 40.9 Å². The Bertz CT molecular complexity index is 613. The van der Waals surface area contributed by atoms with Crippen LogP contribution in [0, 0.1) is 11.6 Å². The molecule has 1 unspecified atom stereocenters. The summed E-state index contributed by atoms with van der Waals surface area (Å²) in [6.45, 7) is 2.12. The number of nitrogens with one attached hydrogen (secondary N) is 1. The van der Waals surface area contributed by atoms with E-state index in [0.717, 1.165) is 16.1 Å². The van der Waals surface area contributed by atoms with Crippen LogP contribution < -0.4 is 10.1 Å². The zero-order valence-corrected chi connectivity index (χ0v) is 13.4. The van der Waals surface area contributed by atoms with Crippen LogP contribution in [-0.4, -0.2) is 7.05 Å². The highest BCUT2D eigenvalue weighted by molar-refractivity contribution is 9.10. The molecule has 0 bridgehead atoms. The summed E-state index contributed by atoms with van der Waals surface area (Å²) in [5, 5.41) is 3.14. The number of rotatable bonds is 5. The summed E-state index contributed by atoms with van der Waals surface area (Å²) in [5.74, 6) is -0.533. The highest BCUT2D eigenvalue weighted by Crippen LogP contribution is 2.29. The maximum atomic E-state index is 13.2. The van der Waals surface area contributed by atoms with Crippen LogP contribution in [0.25, 0.3) is 0 Å². The highest BCUT2D eigenvalue weighted by atomic mass is 79.9. The third kappa shape index (κ3) is 4.25. The molecule has 21 heavy (non-hydrogen) atoms. The lowest BCUT2D eigenvalue weighted by Gasteiger charge is -2.17. The summed E-state index contributed by atoms with van der Waals surface area (Å²) in [6, 6.07) is 9.21. The average molecular weight is 356 g/mol. The smallest absolute Gasteiger partial charge is 0.126 e. The van der Waals surface area contributed by atoms with Gasteiger partial charge in [0.25, 0.3) is 0 Å². The normalized spacial score (nSPS) is 12.2. The Morgan fingerprint density at radius 3 is 2.43 bits per heavy atom. The number of hydrogen-bond donors (Lipinski definition) is 1. The Balaban J connectivity index is 2.20. The van der Waals surface area contributed by atoms with Crippen LogP contribution in [0.4, 0.5) is 8.78 Å². The molecule has 0 radical (unpaired) electrons.